The summed E-state index contributed by atoms with van der Waals surface area (Å²) in [5.41, 5.74) is 3.89. The van der Waals surface area contributed by atoms with E-state index in [1.165, 1.54) is 0 Å². The number of carbonyl (C=O) groups excluding carboxylic acids is 2. The Morgan fingerprint density at radius 2 is 1.93 bits per heavy atom. The second-order valence-electron chi connectivity index (χ2n) is 8.44. The number of anilines is 1. The van der Waals surface area contributed by atoms with Gasteiger partial charge in [0.15, 0.2) is 0 Å². The van der Waals surface area contributed by atoms with Crippen LogP contribution >= 0.6 is 11.6 Å². The molecule has 7 nitrogen and oxygen atoms in total. The SMILES string of the molecule is Cc1cc(C)c(NC(=O)c2c3c(nn2C)CCN(C(=O)OC(C)(C)C)C3)c(Cl)c1. The first-order chi connectivity index (χ1) is 13.5. The molecule has 2 amide bonds. The number of halogens is 1. The van der Waals surface area contributed by atoms with Crippen LogP contribution in [-0.4, -0.2) is 38.8 Å². The molecule has 0 saturated heterocycles. The van der Waals surface area contributed by atoms with E-state index in [1.807, 2.05) is 46.8 Å². The zero-order valence-corrected chi connectivity index (χ0v) is 18.5. The lowest BCUT2D eigenvalue weighted by Crippen LogP contribution is -2.40. The molecule has 29 heavy (non-hydrogen) atoms. The lowest BCUT2D eigenvalue weighted by Gasteiger charge is -2.29. The topological polar surface area (TPSA) is 76.5 Å². The van der Waals surface area contributed by atoms with E-state index < -0.39 is 11.7 Å². The van der Waals surface area contributed by atoms with Crippen molar-refractivity contribution in [1.82, 2.24) is 14.7 Å². The fraction of sp³-hybridized carbons (Fsp3) is 0.476. The van der Waals surface area contributed by atoms with Crippen LogP contribution in [0.1, 0.15) is 53.6 Å². The number of nitrogens with zero attached hydrogens (tertiary/aromatic N) is 3. The number of fused-ring (bicyclic) bond motifs is 1. The second-order valence-corrected chi connectivity index (χ2v) is 8.85. The zero-order chi connectivity index (χ0) is 21.5. The van der Waals surface area contributed by atoms with Gasteiger partial charge in [0.25, 0.3) is 5.91 Å². The number of benzene rings is 1. The summed E-state index contributed by atoms with van der Waals surface area (Å²) >= 11 is 6.34. The Bertz CT molecular complexity index is 952. The molecule has 1 N–H and O–H groups in total. The van der Waals surface area contributed by atoms with E-state index in [9.17, 15) is 9.59 Å². The Morgan fingerprint density at radius 1 is 1.24 bits per heavy atom. The van der Waals surface area contributed by atoms with Crippen LogP contribution in [0.4, 0.5) is 10.5 Å². The molecule has 0 fully saturated rings. The van der Waals surface area contributed by atoms with Gasteiger partial charge in [-0.05, 0) is 51.8 Å². The van der Waals surface area contributed by atoms with Gasteiger partial charge in [-0.15, -0.1) is 0 Å². The van der Waals surface area contributed by atoms with Gasteiger partial charge in [0.05, 0.1) is 22.9 Å². The van der Waals surface area contributed by atoms with Crippen molar-refractivity contribution in [2.45, 2.75) is 53.2 Å². The first-order valence-corrected chi connectivity index (χ1v) is 9.95. The molecule has 1 aliphatic heterocycles. The minimum atomic E-state index is -0.577. The highest BCUT2D eigenvalue weighted by Gasteiger charge is 2.31. The molecule has 3 rings (SSSR count). The first kappa shape index (κ1) is 21.2. The van der Waals surface area contributed by atoms with Crippen LogP contribution in [0.25, 0.3) is 0 Å². The Balaban J connectivity index is 1.87. The zero-order valence-electron chi connectivity index (χ0n) is 17.7. The summed E-state index contributed by atoms with van der Waals surface area (Å²) in [4.78, 5) is 27.2. The fourth-order valence-corrected chi connectivity index (χ4v) is 3.88. The molecule has 156 valence electrons. The van der Waals surface area contributed by atoms with Gasteiger partial charge in [0, 0.05) is 25.6 Å². The van der Waals surface area contributed by atoms with E-state index in [2.05, 4.69) is 10.4 Å². The molecule has 8 heteroatoms. The lowest BCUT2D eigenvalue weighted by molar-refractivity contribution is 0.0222. The number of ether oxygens (including phenoxy) is 1. The normalized spacial score (nSPS) is 13.8. The van der Waals surface area contributed by atoms with Crippen LogP contribution in [-0.2, 0) is 24.8 Å². The number of carbonyl (C=O) groups is 2. The number of hydrogen-bond donors (Lipinski definition) is 1. The Kier molecular flexibility index (Phi) is 5.63. The van der Waals surface area contributed by atoms with Gasteiger partial charge in [-0.25, -0.2) is 4.79 Å². The van der Waals surface area contributed by atoms with Gasteiger partial charge >= 0.3 is 6.09 Å². The predicted molar refractivity (Wildman–Crippen MR) is 112 cm³/mol. The van der Waals surface area contributed by atoms with E-state index in [4.69, 9.17) is 16.3 Å². The van der Waals surface area contributed by atoms with Crippen molar-refractivity contribution >= 4 is 29.3 Å². The molecule has 0 spiro atoms. The first-order valence-electron chi connectivity index (χ1n) is 9.57. The second kappa shape index (κ2) is 7.71. The largest absolute Gasteiger partial charge is 0.444 e. The van der Waals surface area contributed by atoms with Crippen molar-refractivity contribution in [3.05, 3.63) is 45.2 Å². The number of aromatic nitrogens is 2. The van der Waals surface area contributed by atoms with Crippen molar-refractivity contribution in [2.75, 3.05) is 11.9 Å². The molecule has 2 heterocycles. The van der Waals surface area contributed by atoms with Crippen LogP contribution in [0.5, 0.6) is 0 Å². The molecule has 0 unspecified atom stereocenters. The third-order valence-corrected chi connectivity index (χ3v) is 5.03. The van der Waals surface area contributed by atoms with E-state index in [1.54, 1.807) is 16.6 Å². The Labute approximate surface area is 176 Å². The maximum Gasteiger partial charge on any atom is 0.410 e. The highest BCUT2D eigenvalue weighted by molar-refractivity contribution is 6.34. The van der Waals surface area contributed by atoms with Crippen LogP contribution in [0, 0.1) is 13.8 Å². The maximum atomic E-state index is 13.1. The lowest BCUT2D eigenvalue weighted by atomic mass is 10.0. The maximum absolute atomic E-state index is 13.1. The average Bonchev–Trinajstić information content (AvgIpc) is 2.91. The monoisotopic (exact) mass is 418 g/mol. The van der Waals surface area contributed by atoms with Gasteiger partial charge in [-0.2, -0.15) is 5.10 Å². The number of hydrogen-bond acceptors (Lipinski definition) is 4. The quantitative estimate of drug-likeness (QED) is 0.791. The molecule has 1 aromatic carbocycles. The van der Waals surface area contributed by atoms with Crippen LogP contribution in [0.2, 0.25) is 5.02 Å². The number of nitrogens with one attached hydrogen (secondary N) is 1. The van der Waals surface area contributed by atoms with Crippen LogP contribution < -0.4 is 5.32 Å². The predicted octanol–water partition coefficient (Wildman–Crippen LogP) is 4.24. The molecule has 1 aliphatic rings. The van der Waals surface area contributed by atoms with E-state index in [0.717, 1.165) is 22.4 Å². The summed E-state index contributed by atoms with van der Waals surface area (Å²) in [7, 11) is 1.73. The standard InChI is InChI=1S/C21H27ClN4O3/c1-12-9-13(2)17(15(22)10-12)23-19(27)18-14-11-26(20(28)29-21(3,4)5)8-7-16(14)24-25(18)6/h9-10H,7-8,11H2,1-6H3,(H,23,27). The highest BCUT2D eigenvalue weighted by Crippen LogP contribution is 2.29. The van der Waals surface area contributed by atoms with E-state index in [0.29, 0.717) is 29.4 Å². The molecular weight excluding hydrogens is 392 g/mol. The van der Waals surface area contributed by atoms with Gasteiger partial charge in [-0.1, -0.05) is 17.7 Å². The summed E-state index contributed by atoms with van der Waals surface area (Å²) in [5, 5.41) is 7.89. The van der Waals surface area contributed by atoms with E-state index in [-0.39, 0.29) is 12.5 Å². The number of rotatable bonds is 2. The average molecular weight is 419 g/mol. The van der Waals surface area contributed by atoms with Crippen molar-refractivity contribution in [3.8, 4) is 0 Å². The number of amides is 2. The van der Waals surface area contributed by atoms with Crippen LogP contribution in [0.15, 0.2) is 12.1 Å². The van der Waals surface area contributed by atoms with Gasteiger partial charge < -0.3 is 15.0 Å². The summed E-state index contributed by atoms with van der Waals surface area (Å²) in [6.07, 6.45) is 0.177. The number of aryl methyl sites for hydroxylation is 3. The van der Waals surface area contributed by atoms with Crippen molar-refractivity contribution in [1.29, 1.82) is 0 Å². The third-order valence-electron chi connectivity index (χ3n) is 4.73. The summed E-state index contributed by atoms with van der Waals surface area (Å²) < 4.78 is 7.04. The summed E-state index contributed by atoms with van der Waals surface area (Å²) in [6.45, 7) is 10.1. The van der Waals surface area contributed by atoms with Crippen molar-refractivity contribution in [2.24, 2.45) is 7.05 Å². The molecule has 1 aromatic heterocycles. The molecule has 0 saturated carbocycles. The van der Waals surface area contributed by atoms with Gasteiger partial charge in [0.1, 0.15) is 11.3 Å². The smallest absolute Gasteiger partial charge is 0.410 e. The minimum absolute atomic E-state index is 0.279. The fourth-order valence-electron chi connectivity index (χ4n) is 3.51. The molecule has 2 aromatic rings. The van der Waals surface area contributed by atoms with Crippen LogP contribution in [0.3, 0.4) is 0 Å². The minimum Gasteiger partial charge on any atom is -0.444 e. The summed E-state index contributed by atoms with van der Waals surface area (Å²) in [5.74, 6) is -0.304. The van der Waals surface area contributed by atoms with E-state index >= 15 is 0 Å². The molecular formula is C21H27ClN4O3. The molecule has 0 bridgehead atoms. The Morgan fingerprint density at radius 3 is 2.55 bits per heavy atom. The highest BCUT2D eigenvalue weighted by atomic mass is 35.5. The van der Waals surface area contributed by atoms with Gasteiger partial charge in [-0.3, -0.25) is 9.48 Å². The Hall–Kier alpha value is -2.54. The molecule has 0 radical (unpaired) electrons. The molecule has 0 atom stereocenters. The van der Waals surface area contributed by atoms with Crippen molar-refractivity contribution in [3.63, 3.8) is 0 Å². The third kappa shape index (κ3) is 4.56. The van der Waals surface area contributed by atoms with Gasteiger partial charge in [0.2, 0.25) is 0 Å². The van der Waals surface area contributed by atoms with Crippen molar-refractivity contribution < 1.29 is 14.3 Å². The molecule has 0 aliphatic carbocycles. The summed E-state index contributed by atoms with van der Waals surface area (Å²) in [6, 6.07) is 3.78.